The highest BCUT2D eigenvalue weighted by atomic mass is 19.1. The van der Waals surface area contributed by atoms with E-state index in [0.717, 1.165) is 0 Å². The molecule has 0 saturated heterocycles. The maximum atomic E-state index is 13.6. The van der Waals surface area contributed by atoms with Gasteiger partial charge in [0.2, 0.25) is 5.95 Å². The Balaban J connectivity index is 2.97. The first-order valence-corrected chi connectivity index (χ1v) is 4.29. The molecule has 16 heavy (non-hydrogen) atoms. The molecule has 0 atom stereocenters. The summed E-state index contributed by atoms with van der Waals surface area (Å²) in [4.78, 5) is 21.6. The van der Waals surface area contributed by atoms with Crippen LogP contribution in [0.2, 0.25) is 0 Å². The Labute approximate surface area is 88.3 Å². The molecular weight excluding hydrogens is 217 g/mol. The van der Waals surface area contributed by atoms with Gasteiger partial charge in [0.05, 0.1) is 5.52 Å². The van der Waals surface area contributed by atoms with Crippen molar-refractivity contribution in [2.45, 2.75) is 0 Å². The first-order chi connectivity index (χ1) is 7.54. The summed E-state index contributed by atoms with van der Waals surface area (Å²) in [5.41, 5.74) is -0.608. The van der Waals surface area contributed by atoms with Gasteiger partial charge in [-0.3, -0.25) is 0 Å². The van der Waals surface area contributed by atoms with Gasteiger partial charge in [0, 0.05) is 5.39 Å². The van der Waals surface area contributed by atoms with Crippen LogP contribution >= 0.6 is 0 Å². The molecule has 0 radical (unpaired) electrons. The topological polar surface area (TPSA) is 79.5 Å². The zero-order valence-corrected chi connectivity index (χ0v) is 7.85. The monoisotopic (exact) mass is 223 g/mol. The molecule has 1 aromatic carbocycles. The Hall–Kier alpha value is -2.37. The van der Waals surface area contributed by atoms with E-state index in [2.05, 4.69) is 0 Å². The molecule has 5 nitrogen and oxygen atoms in total. The van der Waals surface area contributed by atoms with E-state index in [1.807, 2.05) is 0 Å². The molecule has 0 aliphatic rings. The Morgan fingerprint density at radius 1 is 1.19 bits per heavy atom. The Bertz CT molecular complexity index is 551. The lowest BCUT2D eigenvalue weighted by molar-refractivity contribution is 0.0693. The molecular formula is C10H6FNO4. The number of carboxylic acids is 1. The number of carboxylic acid groups (broad SMARTS) is 2. The van der Waals surface area contributed by atoms with Crippen LogP contribution in [-0.4, -0.2) is 26.8 Å². The van der Waals surface area contributed by atoms with Gasteiger partial charge in [-0.25, -0.2) is 14.2 Å². The number of rotatable bonds is 1. The minimum atomic E-state index is -1.55. The highest BCUT2D eigenvalue weighted by molar-refractivity contribution is 6.06. The number of hydrogen-bond acceptors (Lipinski definition) is 2. The maximum absolute atomic E-state index is 13.6. The molecule has 0 fully saturated rings. The maximum Gasteiger partial charge on any atom is 0.418 e. The average Bonchev–Trinajstić information content (AvgIpc) is 2.49. The second-order valence-corrected chi connectivity index (χ2v) is 3.11. The molecule has 1 heterocycles. The van der Waals surface area contributed by atoms with Crippen LogP contribution < -0.4 is 0 Å². The van der Waals surface area contributed by atoms with Crippen LogP contribution in [0.15, 0.2) is 24.3 Å². The van der Waals surface area contributed by atoms with E-state index in [9.17, 15) is 14.0 Å². The number of fused-ring (bicyclic) bond motifs is 1. The second-order valence-electron chi connectivity index (χ2n) is 3.11. The van der Waals surface area contributed by atoms with Crippen molar-refractivity contribution in [3.05, 3.63) is 35.8 Å². The van der Waals surface area contributed by atoms with Crippen LogP contribution in [0.25, 0.3) is 10.9 Å². The van der Waals surface area contributed by atoms with Gasteiger partial charge in [0.1, 0.15) is 5.56 Å². The van der Waals surface area contributed by atoms with Gasteiger partial charge in [-0.15, -0.1) is 0 Å². The first kappa shape index (κ1) is 10.2. The van der Waals surface area contributed by atoms with E-state index in [1.165, 1.54) is 24.3 Å². The zero-order valence-electron chi connectivity index (χ0n) is 7.85. The lowest BCUT2D eigenvalue weighted by Gasteiger charge is -1.96. The molecule has 0 aliphatic carbocycles. The van der Waals surface area contributed by atoms with E-state index in [1.54, 1.807) is 0 Å². The van der Waals surface area contributed by atoms with Crippen LogP contribution in [0.5, 0.6) is 0 Å². The fourth-order valence-corrected chi connectivity index (χ4v) is 1.60. The highest BCUT2D eigenvalue weighted by Gasteiger charge is 2.24. The molecule has 2 rings (SSSR count). The molecule has 6 heteroatoms. The average molecular weight is 223 g/mol. The van der Waals surface area contributed by atoms with Crippen molar-refractivity contribution in [2.75, 3.05) is 0 Å². The first-order valence-electron chi connectivity index (χ1n) is 4.29. The minimum absolute atomic E-state index is 0.0184. The molecule has 0 unspecified atom stereocenters. The van der Waals surface area contributed by atoms with Crippen molar-refractivity contribution >= 4 is 23.0 Å². The molecule has 1 aromatic heterocycles. The Morgan fingerprint density at radius 2 is 1.81 bits per heavy atom. The van der Waals surface area contributed by atoms with Crippen molar-refractivity contribution < 1.29 is 24.2 Å². The van der Waals surface area contributed by atoms with Crippen molar-refractivity contribution in [1.29, 1.82) is 0 Å². The molecule has 82 valence electrons. The standard InChI is InChI=1S/C10H6FNO4/c11-8-7(9(13)14)5-3-1-2-4-6(5)12(8)10(15)16/h1-4H,(H,13,14)(H,15,16). The molecule has 2 N–H and O–H groups in total. The number of benzene rings is 1. The fraction of sp³-hybridized carbons (Fsp3) is 0. The quantitative estimate of drug-likeness (QED) is 0.774. The molecule has 0 spiro atoms. The lowest BCUT2D eigenvalue weighted by atomic mass is 10.2. The van der Waals surface area contributed by atoms with E-state index in [0.29, 0.717) is 4.57 Å². The summed E-state index contributed by atoms with van der Waals surface area (Å²) in [6.07, 6.45) is -1.55. The third-order valence-electron chi connectivity index (χ3n) is 2.22. The summed E-state index contributed by atoms with van der Waals surface area (Å²) in [5.74, 6) is -2.77. The van der Waals surface area contributed by atoms with Crippen molar-refractivity contribution in [3.8, 4) is 0 Å². The molecule has 0 saturated carbocycles. The molecule has 0 amide bonds. The van der Waals surface area contributed by atoms with Gasteiger partial charge < -0.3 is 10.2 Å². The van der Waals surface area contributed by atoms with Crippen LogP contribution in [0.1, 0.15) is 10.4 Å². The van der Waals surface area contributed by atoms with Gasteiger partial charge in [-0.05, 0) is 6.07 Å². The van der Waals surface area contributed by atoms with Crippen LogP contribution in [-0.2, 0) is 0 Å². The third kappa shape index (κ3) is 1.23. The summed E-state index contributed by atoms with van der Waals surface area (Å²) in [7, 11) is 0. The smallest absolute Gasteiger partial charge is 0.418 e. The number of aromatic nitrogens is 1. The van der Waals surface area contributed by atoms with E-state index in [4.69, 9.17) is 10.2 Å². The van der Waals surface area contributed by atoms with E-state index < -0.39 is 23.6 Å². The summed E-state index contributed by atoms with van der Waals surface area (Å²) < 4.78 is 13.9. The van der Waals surface area contributed by atoms with Crippen molar-refractivity contribution in [2.24, 2.45) is 0 Å². The Morgan fingerprint density at radius 3 is 2.38 bits per heavy atom. The number of aromatic carboxylic acids is 1. The zero-order chi connectivity index (χ0) is 11.9. The normalized spacial score (nSPS) is 10.6. The number of carbonyl (C=O) groups is 2. The predicted octanol–water partition coefficient (Wildman–Crippen LogP) is 2.00. The molecule has 0 aliphatic heterocycles. The largest absolute Gasteiger partial charge is 0.478 e. The van der Waals surface area contributed by atoms with Gasteiger partial charge in [0.25, 0.3) is 0 Å². The van der Waals surface area contributed by atoms with Gasteiger partial charge >= 0.3 is 12.1 Å². The predicted molar refractivity (Wildman–Crippen MR) is 52.3 cm³/mol. The minimum Gasteiger partial charge on any atom is -0.478 e. The summed E-state index contributed by atoms with van der Waals surface area (Å²) in [6.45, 7) is 0. The number of nitrogens with zero attached hydrogens (tertiary/aromatic N) is 1. The SMILES string of the molecule is O=C(O)c1c(F)n(C(=O)O)c2ccccc12. The number of hydrogen-bond donors (Lipinski definition) is 2. The summed E-state index contributed by atoms with van der Waals surface area (Å²) >= 11 is 0. The van der Waals surface area contributed by atoms with Crippen LogP contribution in [0, 0.1) is 5.95 Å². The summed E-state index contributed by atoms with van der Waals surface area (Å²) in [5, 5.41) is 17.7. The number of halogens is 1. The highest BCUT2D eigenvalue weighted by Crippen LogP contribution is 2.24. The van der Waals surface area contributed by atoms with Gasteiger partial charge in [0.15, 0.2) is 0 Å². The van der Waals surface area contributed by atoms with E-state index >= 15 is 0 Å². The number of para-hydroxylation sites is 1. The van der Waals surface area contributed by atoms with Crippen LogP contribution in [0.4, 0.5) is 9.18 Å². The summed E-state index contributed by atoms with van der Waals surface area (Å²) in [6, 6.07) is 5.73. The molecule has 0 bridgehead atoms. The fourth-order valence-electron chi connectivity index (χ4n) is 1.60. The van der Waals surface area contributed by atoms with Crippen molar-refractivity contribution in [3.63, 3.8) is 0 Å². The lowest BCUT2D eigenvalue weighted by Crippen LogP contribution is -2.11. The van der Waals surface area contributed by atoms with Gasteiger partial charge in [-0.1, -0.05) is 18.2 Å². The van der Waals surface area contributed by atoms with Gasteiger partial charge in [-0.2, -0.15) is 4.39 Å². The van der Waals surface area contributed by atoms with E-state index in [-0.39, 0.29) is 10.9 Å². The molecule has 2 aromatic rings. The second kappa shape index (κ2) is 3.34. The van der Waals surface area contributed by atoms with Crippen molar-refractivity contribution in [1.82, 2.24) is 4.57 Å². The van der Waals surface area contributed by atoms with Crippen LogP contribution in [0.3, 0.4) is 0 Å². The third-order valence-corrected chi connectivity index (χ3v) is 2.22. The Kier molecular flexibility index (Phi) is 2.12.